The molecule has 21 heavy (non-hydrogen) atoms. The summed E-state index contributed by atoms with van der Waals surface area (Å²) in [5.41, 5.74) is 1.40. The van der Waals surface area contributed by atoms with Gasteiger partial charge in [-0.25, -0.2) is 4.39 Å². The van der Waals surface area contributed by atoms with Gasteiger partial charge in [0.05, 0.1) is 12.7 Å². The smallest absolute Gasteiger partial charge is 0.203 e. The number of hydrogen-bond donors (Lipinski definition) is 0. The predicted octanol–water partition coefficient (Wildman–Crippen LogP) is 4.17. The molecule has 0 aromatic heterocycles. The third kappa shape index (κ3) is 3.82. The summed E-state index contributed by atoms with van der Waals surface area (Å²) >= 11 is 3.23. The Labute approximate surface area is 130 Å². The van der Waals surface area contributed by atoms with Crippen molar-refractivity contribution in [3.8, 4) is 11.5 Å². The Morgan fingerprint density at radius 1 is 1.19 bits per heavy atom. The number of methoxy groups -OCH3 is 1. The van der Waals surface area contributed by atoms with E-state index in [9.17, 15) is 9.18 Å². The molecule has 0 aliphatic heterocycles. The highest BCUT2D eigenvalue weighted by Crippen LogP contribution is 2.24. The average molecular weight is 353 g/mol. The van der Waals surface area contributed by atoms with E-state index in [0.717, 1.165) is 5.56 Å². The van der Waals surface area contributed by atoms with Gasteiger partial charge in [-0.15, -0.1) is 0 Å². The first kappa shape index (κ1) is 15.5. The molecule has 2 rings (SSSR count). The number of carbonyl (C=O) groups excluding carboxylic acids is 1. The second-order valence-corrected chi connectivity index (χ2v) is 5.41. The van der Waals surface area contributed by atoms with Crippen molar-refractivity contribution >= 4 is 21.7 Å². The molecular formula is C16H14BrFO3. The molecule has 2 aromatic carbocycles. The van der Waals surface area contributed by atoms with Crippen LogP contribution in [0.5, 0.6) is 11.5 Å². The maximum absolute atomic E-state index is 13.5. The molecular weight excluding hydrogens is 339 g/mol. The highest BCUT2D eigenvalue weighted by Gasteiger charge is 2.14. The highest BCUT2D eigenvalue weighted by atomic mass is 79.9. The number of ether oxygens (including phenoxy) is 2. The lowest BCUT2D eigenvalue weighted by Crippen LogP contribution is -2.13. The van der Waals surface area contributed by atoms with Gasteiger partial charge >= 0.3 is 0 Å². The fraction of sp³-hybridized carbons (Fsp3) is 0.188. The van der Waals surface area contributed by atoms with Gasteiger partial charge < -0.3 is 9.47 Å². The van der Waals surface area contributed by atoms with E-state index in [2.05, 4.69) is 15.9 Å². The van der Waals surface area contributed by atoms with Crippen molar-refractivity contribution in [3.05, 3.63) is 57.8 Å². The number of ketones is 1. The van der Waals surface area contributed by atoms with Crippen LogP contribution in [0, 0.1) is 12.7 Å². The van der Waals surface area contributed by atoms with Crippen LogP contribution in [-0.4, -0.2) is 19.5 Å². The highest BCUT2D eigenvalue weighted by molar-refractivity contribution is 9.10. The van der Waals surface area contributed by atoms with Crippen LogP contribution in [0.4, 0.5) is 4.39 Å². The minimum Gasteiger partial charge on any atom is -0.496 e. The Morgan fingerprint density at radius 2 is 1.95 bits per heavy atom. The summed E-state index contributed by atoms with van der Waals surface area (Å²) in [6.07, 6.45) is 0. The first-order valence-corrected chi connectivity index (χ1v) is 7.06. The summed E-state index contributed by atoms with van der Waals surface area (Å²) < 4.78 is 24.7. The zero-order valence-electron chi connectivity index (χ0n) is 11.7. The van der Waals surface area contributed by atoms with E-state index < -0.39 is 5.82 Å². The maximum atomic E-state index is 13.5. The fourth-order valence-electron chi connectivity index (χ4n) is 1.84. The van der Waals surface area contributed by atoms with E-state index in [1.807, 2.05) is 13.0 Å². The normalized spacial score (nSPS) is 10.3. The van der Waals surface area contributed by atoms with Gasteiger partial charge in [0.15, 0.2) is 18.2 Å². The quantitative estimate of drug-likeness (QED) is 0.757. The summed E-state index contributed by atoms with van der Waals surface area (Å²) in [5.74, 6) is -0.268. The molecule has 0 amide bonds. The Balaban J connectivity index is 2.13. The molecule has 0 aliphatic rings. The van der Waals surface area contributed by atoms with Gasteiger partial charge in [-0.3, -0.25) is 4.79 Å². The van der Waals surface area contributed by atoms with Gasteiger partial charge in [0, 0.05) is 4.47 Å². The largest absolute Gasteiger partial charge is 0.496 e. The lowest BCUT2D eigenvalue weighted by Gasteiger charge is -2.10. The van der Waals surface area contributed by atoms with Crippen molar-refractivity contribution in [3.63, 3.8) is 0 Å². The minimum atomic E-state index is -0.512. The summed E-state index contributed by atoms with van der Waals surface area (Å²) in [7, 11) is 1.50. The Morgan fingerprint density at radius 3 is 2.67 bits per heavy atom. The van der Waals surface area contributed by atoms with Gasteiger partial charge in [-0.2, -0.15) is 0 Å². The third-order valence-corrected chi connectivity index (χ3v) is 3.40. The number of Topliss-reactive ketones (excluding diaryl/α,β-unsaturated/α-hetero) is 1. The average Bonchev–Trinajstić information content (AvgIpc) is 2.47. The maximum Gasteiger partial charge on any atom is 0.203 e. The van der Waals surface area contributed by atoms with E-state index in [1.165, 1.54) is 19.2 Å². The van der Waals surface area contributed by atoms with Gasteiger partial charge in [0.25, 0.3) is 0 Å². The minimum absolute atomic E-state index is 0.0313. The predicted molar refractivity (Wildman–Crippen MR) is 81.7 cm³/mol. The first-order chi connectivity index (χ1) is 10.0. The van der Waals surface area contributed by atoms with Crippen molar-refractivity contribution in [1.29, 1.82) is 0 Å². The monoisotopic (exact) mass is 352 g/mol. The zero-order valence-corrected chi connectivity index (χ0v) is 13.2. The van der Waals surface area contributed by atoms with Crippen LogP contribution in [0.2, 0.25) is 0 Å². The van der Waals surface area contributed by atoms with E-state index in [0.29, 0.717) is 15.8 Å². The standard InChI is InChI=1S/C16H14BrFO3/c1-10-3-5-12(15(7-10)20-2)14(19)9-21-16-8-11(17)4-6-13(16)18/h3-8H,9H2,1-2H3. The van der Waals surface area contributed by atoms with Crippen molar-refractivity contribution in [2.45, 2.75) is 6.92 Å². The number of carbonyl (C=O) groups is 1. The number of hydrogen-bond acceptors (Lipinski definition) is 3. The molecule has 0 atom stereocenters. The van der Waals surface area contributed by atoms with Crippen molar-refractivity contribution in [2.24, 2.45) is 0 Å². The van der Waals surface area contributed by atoms with Crippen LogP contribution >= 0.6 is 15.9 Å². The molecule has 0 spiro atoms. The fourth-order valence-corrected chi connectivity index (χ4v) is 2.18. The van der Waals surface area contributed by atoms with Crippen LogP contribution in [-0.2, 0) is 0 Å². The molecule has 0 heterocycles. The van der Waals surface area contributed by atoms with Crippen molar-refractivity contribution < 1.29 is 18.7 Å². The number of benzene rings is 2. The molecule has 0 unspecified atom stereocenters. The van der Waals surface area contributed by atoms with Crippen molar-refractivity contribution in [2.75, 3.05) is 13.7 Å². The van der Waals surface area contributed by atoms with Crippen LogP contribution in [0.15, 0.2) is 40.9 Å². The Bertz CT molecular complexity index is 671. The molecule has 0 aliphatic carbocycles. The Hall–Kier alpha value is -1.88. The van der Waals surface area contributed by atoms with E-state index in [-0.39, 0.29) is 18.1 Å². The third-order valence-electron chi connectivity index (χ3n) is 2.91. The second kappa shape index (κ2) is 6.72. The molecule has 0 N–H and O–H groups in total. The molecule has 3 nitrogen and oxygen atoms in total. The van der Waals surface area contributed by atoms with Crippen LogP contribution in [0.3, 0.4) is 0 Å². The lowest BCUT2D eigenvalue weighted by molar-refractivity contribution is 0.0915. The van der Waals surface area contributed by atoms with Crippen LogP contribution < -0.4 is 9.47 Å². The van der Waals surface area contributed by atoms with Gasteiger partial charge in [0.2, 0.25) is 5.78 Å². The molecule has 2 aromatic rings. The van der Waals surface area contributed by atoms with Gasteiger partial charge in [0.1, 0.15) is 5.75 Å². The van der Waals surface area contributed by atoms with Gasteiger partial charge in [-0.05, 0) is 42.8 Å². The molecule has 0 radical (unpaired) electrons. The molecule has 0 fully saturated rings. The first-order valence-electron chi connectivity index (χ1n) is 6.27. The molecule has 110 valence electrons. The topological polar surface area (TPSA) is 35.5 Å². The summed E-state index contributed by atoms with van der Waals surface area (Å²) in [5, 5.41) is 0. The van der Waals surface area contributed by atoms with Crippen LogP contribution in [0.25, 0.3) is 0 Å². The Kier molecular flexibility index (Phi) is 4.96. The van der Waals surface area contributed by atoms with Crippen LogP contribution in [0.1, 0.15) is 15.9 Å². The summed E-state index contributed by atoms with van der Waals surface area (Å²) in [4.78, 5) is 12.2. The second-order valence-electron chi connectivity index (χ2n) is 4.49. The van der Waals surface area contributed by atoms with E-state index in [1.54, 1.807) is 18.2 Å². The SMILES string of the molecule is COc1cc(C)ccc1C(=O)COc1cc(Br)ccc1F. The summed E-state index contributed by atoms with van der Waals surface area (Å²) in [6, 6.07) is 9.58. The number of aryl methyl sites for hydroxylation is 1. The zero-order chi connectivity index (χ0) is 15.4. The molecule has 0 bridgehead atoms. The summed E-state index contributed by atoms with van der Waals surface area (Å²) in [6.45, 7) is 1.65. The molecule has 0 saturated carbocycles. The molecule has 0 saturated heterocycles. The lowest BCUT2D eigenvalue weighted by atomic mass is 10.1. The van der Waals surface area contributed by atoms with Gasteiger partial charge in [-0.1, -0.05) is 22.0 Å². The molecule has 5 heteroatoms. The number of rotatable bonds is 5. The van der Waals surface area contributed by atoms with Crippen molar-refractivity contribution in [1.82, 2.24) is 0 Å². The number of halogens is 2. The van der Waals surface area contributed by atoms with E-state index in [4.69, 9.17) is 9.47 Å². The van der Waals surface area contributed by atoms with E-state index >= 15 is 0 Å².